The zero-order chi connectivity index (χ0) is 22.5. The Morgan fingerprint density at radius 3 is 1.76 bits per heavy atom. The summed E-state index contributed by atoms with van der Waals surface area (Å²) in [4.78, 5) is 10.7. The van der Waals surface area contributed by atoms with E-state index in [2.05, 4.69) is 0 Å². The summed E-state index contributed by atoms with van der Waals surface area (Å²) in [7, 11) is 0. The fraction of sp³-hybridized carbons (Fsp3) is 0. The summed E-state index contributed by atoms with van der Waals surface area (Å²) < 4.78 is 4.67. The molecule has 0 saturated carbocycles. The van der Waals surface area contributed by atoms with Gasteiger partial charge >= 0.3 is 0 Å². The molecule has 33 heavy (non-hydrogen) atoms. The largest absolute Gasteiger partial charge is 0.260 e. The zero-order valence-corrected chi connectivity index (χ0v) is 19.3. The highest BCUT2D eigenvalue weighted by Crippen LogP contribution is 2.17. The lowest BCUT2D eigenvalue weighted by molar-refractivity contribution is 0.934. The summed E-state index contributed by atoms with van der Waals surface area (Å²) in [6.45, 7) is 0. The Hall–Kier alpha value is -3.87. The van der Waals surface area contributed by atoms with E-state index >= 15 is 0 Å². The Kier molecular flexibility index (Phi) is 6.19. The normalized spacial score (nSPS) is 12.1. The second-order valence-corrected chi connectivity index (χ2v) is 8.48. The lowest BCUT2D eigenvalue weighted by atomic mass is 10.2. The molecular formula is C27H20N4S2. The van der Waals surface area contributed by atoms with Crippen LogP contribution in [-0.4, -0.2) is 14.4 Å². The Bertz CT molecular complexity index is 1500. The SMILES string of the molecule is S=c1n(-c2ccccc2)sc(=NC(=Nc2ccccc2)c2ccccc2)n1-c1ccccc1. The van der Waals surface area contributed by atoms with Gasteiger partial charge in [-0.25, -0.2) is 8.95 Å². The maximum Gasteiger partial charge on any atom is 0.215 e. The fourth-order valence-electron chi connectivity index (χ4n) is 3.39. The average molecular weight is 465 g/mol. The summed E-state index contributed by atoms with van der Waals surface area (Å²) in [5.74, 6) is 0.628. The predicted octanol–water partition coefficient (Wildman–Crippen LogP) is 6.74. The Balaban J connectivity index is 1.78. The highest BCUT2D eigenvalue weighted by Gasteiger charge is 2.11. The first-order chi connectivity index (χ1) is 16.3. The van der Waals surface area contributed by atoms with Gasteiger partial charge in [-0.05, 0) is 60.1 Å². The number of amidine groups is 1. The van der Waals surface area contributed by atoms with Crippen molar-refractivity contribution in [2.24, 2.45) is 9.98 Å². The van der Waals surface area contributed by atoms with Crippen LogP contribution in [0, 0.1) is 4.77 Å². The Morgan fingerprint density at radius 2 is 1.15 bits per heavy atom. The van der Waals surface area contributed by atoms with Gasteiger partial charge in [0.15, 0.2) is 5.84 Å². The van der Waals surface area contributed by atoms with E-state index in [0.717, 1.165) is 27.4 Å². The Morgan fingerprint density at radius 1 is 0.636 bits per heavy atom. The van der Waals surface area contributed by atoms with E-state index < -0.39 is 0 Å². The van der Waals surface area contributed by atoms with E-state index in [-0.39, 0.29) is 0 Å². The van der Waals surface area contributed by atoms with Crippen molar-refractivity contribution in [3.63, 3.8) is 0 Å². The van der Waals surface area contributed by atoms with Crippen LogP contribution in [0.4, 0.5) is 5.69 Å². The molecule has 0 aliphatic carbocycles. The third kappa shape index (κ3) is 4.67. The van der Waals surface area contributed by atoms with Gasteiger partial charge in [0.05, 0.1) is 17.1 Å². The number of hydrogen-bond acceptors (Lipinski definition) is 3. The molecule has 0 unspecified atom stereocenters. The number of hydrogen-bond donors (Lipinski definition) is 0. The topological polar surface area (TPSA) is 34.6 Å². The van der Waals surface area contributed by atoms with Gasteiger partial charge in [0.2, 0.25) is 9.57 Å². The van der Waals surface area contributed by atoms with E-state index in [1.807, 2.05) is 130 Å². The highest BCUT2D eigenvalue weighted by atomic mass is 32.1. The van der Waals surface area contributed by atoms with Crippen LogP contribution in [0.25, 0.3) is 11.4 Å². The first-order valence-corrected chi connectivity index (χ1v) is 11.7. The van der Waals surface area contributed by atoms with E-state index in [4.69, 9.17) is 22.2 Å². The standard InChI is InChI=1S/C27H20N4S2/c32-27-30(23-17-9-3-10-18-23)26(33-31(27)24-19-11-4-12-20-24)29-25(21-13-5-1-6-14-21)28-22-15-7-2-8-16-22/h1-20H. The van der Waals surface area contributed by atoms with E-state index in [9.17, 15) is 0 Å². The van der Waals surface area contributed by atoms with E-state index in [0.29, 0.717) is 10.6 Å². The average Bonchev–Trinajstić information content (AvgIpc) is 3.21. The second-order valence-electron chi connectivity index (χ2n) is 7.21. The van der Waals surface area contributed by atoms with Crippen LogP contribution in [0.1, 0.15) is 5.56 Å². The van der Waals surface area contributed by atoms with Gasteiger partial charge in [-0.3, -0.25) is 4.57 Å². The number of benzene rings is 4. The van der Waals surface area contributed by atoms with Gasteiger partial charge < -0.3 is 0 Å². The van der Waals surface area contributed by atoms with Gasteiger partial charge in [0, 0.05) is 5.56 Å². The van der Waals surface area contributed by atoms with Crippen LogP contribution < -0.4 is 4.80 Å². The van der Waals surface area contributed by atoms with Crippen LogP contribution in [0.3, 0.4) is 0 Å². The summed E-state index contributed by atoms with van der Waals surface area (Å²) in [6.07, 6.45) is 0. The smallest absolute Gasteiger partial charge is 0.215 e. The van der Waals surface area contributed by atoms with Crippen molar-refractivity contribution < 1.29 is 0 Å². The van der Waals surface area contributed by atoms with Crippen molar-refractivity contribution in [1.29, 1.82) is 0 Å². The monoisotopic (exact) mass is 464 g/mol. The zero-order valence-electron chi connectivity index (χ0n) is 17.7. The quantitative estimate of drug-likeness (QED) is 0.165. The Labute approximate surface area is 201 Å². The van der Waals surface area contributed by atoms with E-state index in [1.165, 1.54) is 11.5 Å². The molecule has 0 saturated heterocycles. The number of aromatic nitrogens is 2. The molecule has 5 rings (SSSR count). The molecule has 0 N–H and O–H groups in total. The molecule has 4 nitrogen and oxygen atoms in total. The molecule has 0 aliphatic heterocycles. The number of aliphatic imine (C=N–C) groups is 1. The minimum absolute atomic E-state index is 0.628. The lowest BCUT2D eigenvalue weighted by Crippen LogP contribution is -2.15. The number of nitrogens with zero attached hydrogens (tertiary/aromatic N) is 4. The summed E-state index contributed by atoms with van der Waals surface area (Å²) >= 11 is 7.41. The molecule has 0 aliphatic rings. The third-order valence-corrected chi connectivity index (χ3v) is 6.44. The van der Waals surface area contributed by atoms with Crippen LogP contribution in [0.5, 0.6) is 0 Å². The van der Waals surface area contributed by atoms with Gasteiger partial charge in [-0.15, -0.1) is 0 Å². The molecule has 1 heterocycles. The van der Waals surface area contributed by atoms with E-state index in [1.54, 1.807) is 0 Å². The third-order valence-electron chi connectivity index (χ3n) is 4.96. The minimum Gasteiger partial charge on any atom is -0.260 e. The van der Waals surface area contributed by atoms with Crippen LogP contribution in [0.2, 0.25) is 0 Å². The molecule has 0 radical (unpaired) electrons. The van der Waals surface area contributed by atoms with Crippen molar-refractivity contribution in [3.05, 3.63) is 136 Å². The van der Waals surface area contributed by atoms with Crippen LogP contribution in [0.15, 0.2) is 131 Å². The number of rotatable bonds is 4. The second kappa shape index (κ2) is 9.73. The maximum atomic E-state index is 5.91. The van der Waals surface area contributed by atoms with Gasteiger partial charge in [0.25, 0.3) is 0 Å². The maximum absolute atomic E-state index is 5.91. The molecule has 0 spiro atoms. The highest BCUT2D eigenvalue weighted by molar-refractivity contribution is 7.71. The molecule has 0 amide bonds. The van der Waals surface area contributed by atoms with Gasteiger partial charge in [-0.1, -0.05) is 84.9 Å². The molecule has 5 aromatic rings. The first-order valence-electron chi connectivity index (χ1n) is 10.5. The van der Waals surface area contributed by atoms with Crippen molar-refractivity contribution in [3.8, 4) is 11.4 Å². The van der Waals surface area contributed by atoms with Crippen molar-refractivity contribution >= 4 is 35.3 Å². The fourth-order valence-corrected chi connectivity index (χ4v) is 4.80. The molecular weight excluding hydrogens is 444 g/mol. The molecule has 6 heteroatoms. The van der Waals surface area contributed by atoms with Crippen LogP contribution in [-0.2, 0) is 0 Å². The first kappa shape index (κ1) is 21.0. The van der Waals surface area contributed by atoms with Crippen molar-refractivity contribution in [2.75, 3.05) is 0 Å². The van der Waals surface area contributed by atoms with Gasteiger partial charge in [-0.2, -0.15) is 4.99 Å². The summed E-state index contributed by atoms with van der Waals surface area (Å²) in [6, 6.07) is 40.1. The number of para-hydroxylation sites is 3. The van der Waals surface area contributed by atoms with Crippen molar-refractivity contribution in [2.45, 2.75) is 0 Å². The molecule has 160 valence electrons. The predicted molar refractivity (Wildman–Crippen MR) is 138 cm³/mol. The lowest BCUT2D eigenvalue weighted by Gasteiger charge is -2.04. The van der Waals surface area contributed by atoms with Crippen LogP contribution >= 0.6 is 23.8 Å². The summed E-state index contributed by atoms with van der Waals surface area (Å²) in [5, 5.41) is 0. The molecule has 0 fully saturated rings. The van der Waals surface area contributed by atoms with Gasteiger partial charge in [0.1, 0.15) is 0 Å². The molecule has 0 bridgehead atoms. The molecule has 0 atom stereocenters. The molecule has 1 aromatic heterocycles. The molecule has 4 aromatic carbocycles. The minimum atomic E-state index is 0.628. The summed E-state index contributed by atoms with van der Waals surface area (Å²) in [5.41, 5.74) is 3.74. The van der Waals surface area contributed by atoms with Crippen molar-refractivity contribution in [1.82, 2.24) is 8.52 Å².